The van der Waals surface area contributed by atoms with Gasteiger partial charge in [-0.1, -0.05) is 19.1 Å². The third kappa shape index (κ3) is 5.05. The molecule has 1 aromatic carbocycles. The van der Waals surface area contributed by atoms with E-state index < -0.39 is 29.6 Å². The minimum absolute atomic E-state index is 0.298. The van der Waals surface area contributed by atoms with Crippen LogP contribution < -0.4 is 11.1 Å². The van der Waals surface area contributed by atoms with E-state index >= 15 is 0 Å². The van der Waals surface area contributed by atoms with Crippen LogP contribution in [-0.2, 0) is 22.2 Å². The van der Waals surface area contributed by atoms with Crippen LogP contribution in [-0.4, -0.2) is 17.9 Å². The van der Waals surface area contributed by atoms with Crippen LogP contribution in [0.1, 0.15) is 31.4 Å². The van der Waals surface area contributed by atoms with E-state index in [1.165, 1.54) is 19.1 Å². The van der Waals surface area contributed by atoms with Gasteiger partial charge >= 0.3 is 6.18 Å². The number of hydrogen-bond acceptors (Lipinski definition) is 2. The summed E-state index contributed by atoms with van der Waals surface area (Å²) in [6, 6.07) is 3.92. The number of hydrogen-bond donors (Lipinski definition) is 2. The lowest BCUT2D eigenvalue weighted by Gasteiger charge is -2.18. The standard InChI is InChI=1S/C15H19F3N2O2/c1-3-11(14(22)20-9(2)13(19)21)8-10-4-6-12(7-5-10)15(16,17)18/h4-7,9,11H,3,8H2,1-2H3,(H2,19,21)(H,20,22)/t9-,11+/m0/s1. The predicted molar refractivity (Wildman–Crippen MR) is 75.7 cm³/mol. The van der Waals surface area contributed by atoms with Crippen molar-refractivity contribution in [1.82, 2.24) is 5.32 Å². The van der Waals surface area contributed by atoms with Crippen molar-refractivity contribution in [3.8, 4) is 0 Å². The van der Waals surface area contributed by atoms with Crippen molar-refractivity contribution < 1.29 is 22.8 Å². The summed E-state index contributed by atoms with van der Waals surface area (Å²) in [7, 11) is 0. The van der Waals surface area contributed by atoms with Gasteiger partial charge < -0.3 is 11.1 Å². The molecule has 0 fully saturated rings. The van der Waals surface area contributed by atoms with Crippen LogP contribution in [0.2, 0.25) is 0 Å². The Balaban J connectivity index is 2.74. The molecule has 0 saturated carbocycles. The average Bonchev–Trinajstić information content (AvgIpc) is 2.43. The zero-order chi connectivity index (χ0) is 16.9. The third-order valence-corrected chi connectivity index (χ3v) is 3.41. The molecular formula is C15H19F3N2O2. The number of rotatable bonds is 6. The van der Waals surface area contributed by atoms with Crippen LogP contribution in [0.5, 0.6) is 0 Å². The first-order chi connectivity index (χ1) is 10.1. The van der Waals surface area contributed by atoms with Crippen molar-refractivity contribution in [1.29, 1.82) is 0 Å². The molecule has 0 aliphatic rings. The number of amides is 2. The summed E-state index contributed by atoms with van der Waals surface area (Å²) in [5, 5.41) is 2.49. The van der Waals surface area contributed by atoms with Crippen molar-refractivity contribution in [2.24, 2.45) is 11.7 Å². The quantitative estimate of drug-likeness (QED) is 0.845. The van der Waals surface area contributed by atoms with Gasteiger partial charge in [-0.25, -0.2) is 0 Å². The highest BCUT2D eigenvalue weighted by atomic mass is 19.4. The average molecular weight is 316 g/mol. The van der Waals surface area contributed by atoms with E-state index in [0.29, 0.717) is 18.4 Å². The number of halogens is 3. The Hall–Kier alpha value is -2.05. The Bertz CT molecular complexity index is 527. The molecule has 0 saturated heterocycles. The van der Waals surface area contributed by atoms with E-state index in [9.17, 15) is 22.8 Å². The summed E-state index contributed by atoms with van der Waals surface area (Å²) >= 11 is 0. The van der Waals surface area contributed by atoms with Crippen LogP contribution in [0.25, 0.3) is 0 Å². The molecule has 0 aliphatic carbocycles. The van der Waals surface area contributed by atoms with E-state index in [1.807, 2.05) is 0 Å². The Labute approximate surface area is 126 Å². The highest BCUT2D eigenvalue weighted by Crippen LogP contribution is 2.29. The molecule has 0 aromatic heterocycles. The third-order valence-electron chi connectivity index (χ3n) is 3.41. The predicted octanol–water partition coefficient (Wildman–Crippen LogP) is 2.26. The lowest BCUT2D eigenvalue weighted by Crippen LogP contribution is -2.45. The maximum Gasteiger partial charge on any atom is 0.416 e. The minimum Gasteiger partial charge on any atom is -0.368 e. The number of nitrogens with two attached hydrogens (primary N) is 1. The lowest BCUT2D eigenvalue weighted by atomic mass is 9.95. The summed E-state index contributed by atoms with van der Waals surface area (Å²) < 4.78 is 37.5. The number of benzene rings is 1. The normalized spacial score (nSPS) is 14.2. The van der Waals surface area contributed by atoms with Crippen molar-refractivity contribution >= 4 is 11.8 Å². The highest BCUT2D eigenvalue weighted by Gasteiger charge is 2.30. The fourth-order valence-corrected chi connectivity index (χ4v) is 1.94. The van der Waals surface area contributed by atoms with Crippen molar-refractivity contribution in [2.45, 2.75) is 38.9 Å². The van der Waals surface area contributed by atoms with Gasteiger partial charge in [0, 0.05) is 5.92 Å². The van der Waals surface area contributed by atoms with Crippen LogP contribution in [0.15, 0.2) is 24.3 Å². The maximum absolute atomic E-state index is 12.5. The lowest BCUT2D eigenvalue weighted by molar-refractivity contribution is -0.137. The summed E-state index contributed by atoms with van der Waals surface area (Å²) in [5.41, 5.74) is 4.98. The minimum atomic E-state index is -4.38. The molecule has 3 N–H and O–H groups in total. The second kappa shape index (κ2) is 7.29. The van der Waals surface area contributed by atoms with Crippen molar-refractivity contribution in [3.05, 3.63) is 35.4 Å². The van der Waals surface area contributed by atoms with Crippen LogP contribution >= 0.6 is 0 Å². The SMILES string of the molecule is CC[C@H](Cc1ccc(C(F)(F)F)cc1)C(=O)N[C@@H](C)C(N)=O. The zero-order valence-electron chi connectivity index (χ0n) is 12.4. The summed E-state index contributed by atoms with van der Waals surface area (Å²) in [4.78, 5) is 23.0. The molecule has 1 aromatic rings. The fourth-order valence-electron chi connectivity index (χ4n) is 1.94. The maximum atomic E-state index is 12.5. The van der Waals surface area contributed by atoms with E-state index in [-0.39, 0.29) is 5.91 Å². The summed E-state index contributed by atoms with van der Waals surface area (Å²) in [5.74, 6) is -1.41. The van der Waals surface area contributed by atoms with E-state index in [2.05, 4.69) is 5.32 Å². The summed E-state index contributed by atoms with van der Waals surface area (Å²) in [6.45, 7) is 3.27. The number of alkyl halides is 3. The number of primary amides is 1. The Morgan fingerprint density at radius 1 is 1.23 bits per heavy atom. The second-order valence-electron chi connectivity index (χ2n) is 5.14. The van der Waals surface area contributed by atoms with Gasteiger partial charge in [0.05, 0.1) is 5.56 Å². The summed E-state index contributed by atoms with van der Waals surface area (Å²) in [6.07, 6.45) is -3.58. The van der Waals surface area contributed by atoms with Gasteiger partial charge in [0.1, 0.15) is 6.04 Å². The largest absolute Gasteiger partial charge is 0.416 e. The molecule has 0 spiro atoms. The molecule has 22 heavy (non-hydrogen) atoms. The second-order valence-corrected chi connectivity index (χ2v) is 5.14. The topological polar surface area (TPSA) is 72.2 Å². The fraction of sp³-hybridized carbons (Fsp3) is 0.467. The smallest absolute Gasteiger partial charge is 0.368 e. The molecule has 4 nitrogen and oxygen atoms in total. The molecule has 0 bridgehead atoms. The number of carbonyl (C=O) groups excluding carboxylic acids is 2. The van der Waals surface area contributed by atoms with Crippen LogP contribution in [0, 0.1) is 5.92 Å². The Morgan fingerprint density at radius 3 is 2.18 bits per heavy atom. The van der Waals surface area contributed by atoms with Crippen LogP contribution in [0.4, 0.5) is 13.2 Å². The molecule has 0 unspecified atom stereocenters. The van der Waals surface area contributed by atoms with E-state index in [4.69, 9.17) is 5.73 Å². The highest BCUT2D eigenvalue weighted by molar-refractivity contribution is 5.87. The van der Waals surface area contributed by atoms with Gasteiger partial charge in [-0.05, 0) is 37.5 Å². The molecule has 122 valence electrons. The first-order valence-electron chi connectivity index (χ1n) is 6.91. The molecular weight excluding hydrogens is 297 g/mol. The van der Waals surface area contributed by atoms with Crippen molar-refractivity contribution in [3.63, 3.8) is 0 Å². The number of carbonyl (C=O) groups is 2. The molecule has 2 amide bonds. The van der Waals surface area contributed by atoms with Crippen LogP contribution in [0.3, 0.4) is 0 Å². The van der Waals surface area contributed by atoms with Gasteiger partial charge in [0.25, 0.3) is 0 Å². The Morgan fingerprint density at radius 2 is 1.77 bits per heavy atom. The van der Waals surface area contributed by atoms with Gasteiger partial charge in [-0.15, -0.1) is 0 Å². The first-order valence-corrected chi connectivity index (χ1v) is 6.91. The van der Waals surface area contributed by atoms with E-state index in [0.717, 1.165) is 12.1 Å². The Kier molecular flexibility index (Phi) is 5.96. The van der Waals surface area contributed by atoms with Gasteiger partial charge in [0.2, 0.25) is 11.8 Å². The molecule has 0 aliphatic heterocycles. The number of nitrogens with one attached hydrogen (secondary N) is 1. The molecule has 2 atom stereocenters. The molecule has 0 radical (unpaired) electrons. The molecule has 1 rings (SSSR count). The molecule has 0 heterocycles. The van der Waals surface area contributed by atoms with Crippen molar-refractivity contribution in [2.75, 3.05) is 0 Å². The van der Waals surface area contributed by atoms with Gasteiger partial charge in [0.15, 0.2) is 0 Å². The zero-order valence-corrected chi connectivity index (χ0v) is 12.4. The first kappa shape index (κ1) is 18.0. The monoisotopic (exact) mass is 316 g/mol. The van der Waals surface area contributed by atoms with E-state index in [1.54, 1.807) is 6.92 Å². The van der Waals surface area contributed by atoms with Gasteiger partial charge in [-0.3, -0.25) is 9.59 Å². The molecule has 7 heteroatoms. The van der Waals surface area contributed by atoms with Gasteiger partial charge in [-0.2, -0.15) is 13.2 Å².